The van der Waals surface area contributed by atoms with Crippen LogP contribution in [0.4, 0.5) is 10.2 Å². The van der Waals surface area contributed by atoms with Crippen molar-refractivity contribution in [3.8, 4) is 5.75 Å². The molecule has 0 bridgehead atoms. The van der Waals surface area contributed by atoms with Crippen molar-refractivity contribution in [2.75, 3.05) is 12.4 Å². The van der Waals surface area contributed by atoms with Crippen molar-refractivity contribution in [1.29, 1.82) is 0 Å². The molecular weight excluding hydrogens is 292 g/mol. The van der Waals surface area contributed by atoms with Gasteiger partial charge in [-0.25, -0.2) is 9.37 Å². The van der Waals surface area contributed by atoms with Crippen LogP contribution in [0.1, 0.15) is 5.56 Å². The van der Waals surface area contributed by atoms with Crippen LogP contribution in [0, 0.1) is 5.82 Å². The number of methoxy groups -OCH3 is 1. The van der Waals surface area contributed by atoms with Crippen LogP contribution in [0.25, 0.3) is 0 Å². The average Bonchev–Trinajstić information content (AvgIpc) is 2.40. The van der Waals surface area contributed by atoms with Crippen LogP contribution in [-0.4, -0.2) is 17.1 Å². The van der Waals surface area contributed by atoms with Gasteiger partial charge in [-0.2, -0.15) is 4.98 Å². The first-order valence-corrected chi connectivity index (χ1v) is 6.10. The topological polar surface area (TPSA) is 47.0 Å². The van der Waals surface area contributed by atoms with Crippen molar-refractivity contribution in [2.24, 2.45) is 0 Å². The van der Waals surface area contributed by atoms with Crippen LogP contribution < -0.4 is 10.1 Å². The van der Waals surface area contributed by atoms with Gasteiger partial charge in [-0.3, -0.25) is 0 Å². The van der Waals surface area contributed by atoms with Gasteiger partial charge in [0, 0.05) is 17.1 Å². The first kappa shape index (κ1) is 13.8. The Morgan fingerprint density at radius 3 is 2.89 bits per heavy atom. The molecule has 1 heterocycles. The molecule has 7 heteroatoms. The second-order valence-corrected chi connectivity index (χ2v) is 4.36. The zero-order valence-electron chi connectivity index (χ0n) is 9.95. The zero-order chi connectivity index (χ0) is 13.8. The van der Waals surface area contributed by atoms with E-state index in [1.807, 2.05) is 0 Å². The molecule has 100 valence electrons. The van der Waals surface area contributed by atoms with E-state index in [2.05, 4.69) is 15.3 Å². The molecule has 19 heavy (non-hydrogen) atoms. The molecule has 2 aromatic rings. The molecule has 0 aliphatic rings. The highest BCUT2D eigenvalue weighted by atomic mass is 35.5. The van der Waals surface area contributed by atoms with Crippen molar-refractivity contribution in [2.45, 2.75) is 6.54 Å². The molecule has 1 aromatic carbocycles. The molecule has 0 spiro atoms. The largest absolute Gasteiger partial charge is 0.496 e. The maximum absolute atomic E-state index is 13.4. The number of anilines is 1. The smallest absolute Gasteiger partial charge is 0.224 e. The minimum atomic E-state index is -0.588. The van der Waals surface area contributed by atoms with Gasteiger partial charge in [0.2, 0.25) is 5.28 Å². The molecule has 1 N–H and O–H groups in total. The van der Waals surface area contributed by atoms with Crippen molar-refractivity contribution in [3.05, 3.63) is 46.1 Å². The minimum absolute atomic E-state index is 0.0157. The third-order valence-corrected chi connectivity index (χ3v) is 2.98. The maximum Gasteiger partial charge on any atom is 0.224 e. The van der Waals surface area contributed by atoms with E-state index in [0.717, 1.165) is 6.20 Å². The lowest BCUT2D eigenvalue weighted by Gasteiger charge is -2.12. The number of hydrogen-bond acceptors (Lipinski definition) is 4. The molecule has 0 radical (unpaired) electrons. The molecule has 0 fully saturated rings. The number of hydrogen-bond donors (Lipinski definition) is 1. The standard InChI is InChI=1S/C12H10Cl2FN3O/c1-19-10-4-2-3-8(13)7(10)5-16-11-9(15)6-17-12(14)18-11/h2-4,6H,5H2,1H3,(H,16,17,18). The Morgan fingerprint density at radius 1 is 1.37 bits per heavy atom. The summed E-state index contributed by atoms with van der Waals surface area (Å²) in [5.74, 6) is 0.0398. The Hall–Kier alpha value is -1.59. The molecule has 0 unspecified atom stereocenters. The average molecular weight is 302 g/mol. The van der Waals surface area contributed by atoms with Gasteiger partial charge in [-0.15, -0.1) is 0 Å². The molecule has 0 saturated heterocycles. The predicted molar refractivity (Wildman–Crippen MR) is 72.3 cm³/mol. The predicted octanol–water partition coefficient (Wildman–Crippen LogP) is 3.54. The number of ether oxygens (including phenoxy) is 1. The Bertz CT molecular complexity index is 595. The van der Waals surface area contributed by atoms with Crippen molar-refractivity contribution >= 4 is 29.0 Å². The minimum Gasteiger partial charge on any atom is -0.496 e. The lowest BCUT2D eigenvalue weighted by molar-refractivity contribution is 0.410. The molecule has 0 amide bonds. The molecule has 0 aliphatic carbocycles. The van der Waals surface area contributed by atoms with E-state index < -0.39 is 5.82 Å². The molecular formula is C12H10Cl2FN3O. The Morgan fingerprint density at radius 2 is 2.16 bits per heavy atom. The highest BCUT2D eigenvalue weighted by molar-refractivity contribution is 6.31. The lowest BCUT2D eigenvalue weighted by atomic mass is 10.2. The summed E-state index contributed by atoms with van der Waals surface area (Å²) in [6.45, 7) is 0.257. The summed E-state index contributed by atoms with van der Waals surface area (Å²) in [4.78, 5) is 7.29. The number of halogens is 3. The number of benzene rings is 1. The van der Waals surface area contributed by atoms with Gasteiger partial charge in [-0.05, 0) is 23.7 Å². The van der Waals surface area contributed by atoms with Crippen LogP contribution in [0.15, 0.2) is 24.4 Å². The van der Waals surface area contributed by atoms with Crippen LogP contribution in [0.2, 0.25) is 10.3 Å². The van der Waals surface area contributed by atoms with Gasteiger partial charge < -0.3 is 10.1 Å². The fraction of sp³-hybridized carbons (Fsp3) is 0.167. The summed E-state index contributed by atoms with van der Waals surface area (Å²) in [7, 11) is 1.54. The number of nitrogens with one attached hydrogen (secondary N) is 1. The molecule has 1 aromatic heterocycles. The highest BCUT2D eigenvalue weighted by Gasteiger charge is 2.10. The van der Waals surface area contributed by atoms with Crippen LogP contribution in [0.3, 0.4) is 0 Å². The number of nitrogens with zero attached hydrogens (tertiary/aromatic N) is 2. The summed E-state index contributed by atoms with van der Waals surface area (Å²) < 4.78 is 18.6. The van der Waals surface area contributed by atoms with Gasteiger partial charge in [-0.1, -0.05) is 17.7 Å². The summed E-state index contributed by atoms with van der Waals surface area (Å²) in [5.41, 5.74) is 0.709. The SMILES string of the molecule is COc1cccc(Cl)c1CNc1nc(Cl)ncc1F. The fourth-order valence-corrected chi connectivity index (χ4v) is 1.91. The monoisotopic (exact) mass is 301 g/mol. The second-order valence-electron chi connectivity index (χ2n) is 3.61. The number of rotatable bonds is 4. The zero-order valence-corrected chi connectivity index (χ0v) is 11.5. The molecule has 4 nitrogen and oxygen atoms in total. The van der Waals surface area contributed by atoms with E-state index in [1.165, 1.54) is 7.11 Å². The Labute approximate surface area is 119 Å². The normalized spacial score (nSPS) is 10.3. The first-order valence-electron chi connectivity index (χ1n) is 5.35. The fourth-order valence-electron chi connectivity index (χ4n) is 1.54. The van der Waals surface area contributed by atoms with E-state index in [9.17, 15) is 4.39 Å². The molecule has 0 atom stereocenters. The van der Waals surface area contributed by atoms with E-state index in [0.29, 0.717) is 16.3 Å². The Kier molecular flexibility index (Phi) is 4.39. The summed E-state index contributed by atoms with van der Waals surface area (Å²) >= 11 is 11.7. The summed E-state index contributed by atoms with van der Waals surface area (Å²) in [6, 6.07) is 5.27. The third-order valence-electron chi connectivity index (χ3n) is 2.44. The van der Waals surface area contributed by atoms with E-state index in [4.69, 9.17) is 27.9 Å². The number of aromatic nitrogens is 2. The van der Waals surface area contributed by atoms with Gasteiger partial charge in [0.05, 0.1) is 13.3 Å². The van der Waals surface area contributed by atoms with Gasteiger partial charge in [0.25, 0.3) is 0 Å². The van der Waals surface area contributed by atoms with Crippen molar-refractivity contribution in [3.63, 3.8) is 0 Å². The Balaban J connectivity index is 2.21. The summed E-state index contributed by atoms with van der Waals surface area (Å²) in [5, 5.41) is 3.30. The van der Waals surface area contributed by atoms with Gasteiger partial charge >= 0.3 is 0 Å². The van der Waals surface area contributed by atoms with Crippen molar-refractivity contribution < 1.29 is 9.13 Å². The molecule has 2 rings (SSSR count). The van der Waals surface area contributed by atoms with E-state index >= 15 is 0 Å². The van der Waals surface area contributed by atoms with Crippen LogP contribution >= 0.6 is 23.2 Å². The molecule has 0 saturated carbocycles. The van der Waals surface area contributed by atoms with Crippen LogP contribution in [0.5, 0.6) is 5.75 Å². The lowest BCUT2D eigenvalue weighted by Crippen LogP contribution is -2.06. The highest BCUT2D eigenvalue weighted by Crippen LogP contribution is 2.27. The molecule has 0 aliphatic heterocycles. The summed E-state index contributed by atoms with van der Waals surface area (Å²) in [6.07, 6.45) is 1.00. The maximum atomic E-state index is 13.4. The van der Waals surface area contributed by atoms with Gasteiger partial charge in [0.1, 0.15) is 5.75 Å². The first-order chi connectivity index (χ1) is 9.11. The quantitative estimate of drug-likeness (QED) is 0.878. The van der Waals surface area contributed by atoms with E-state index in [1.54, 1.807) is 18.2 Å². The second kappa shape index (κ2) is 6.04. The van der Waals surface area contributed by atoms with Crippen molar-refractivity contribution in [1.82, 2.24) is 9.97 Å². The van der Waals surface area contributed by atoms with Crippen LogP contribution in [-0.2, 0) is 6.54 Å². The third kappa shape index (κ3) is 3.24. The van der Waals surface area contributed by atoms with Gasteiger partial charge in [0.15, 0.2) is 11.6 Å². The van der Waals surface area contributed by atoms with E-state index in [-0.39, 0.29) is 17.6 Å².